The van der Waals surface area contributed by atoms with E-state index >= 15 is 0 Å². The van der Waals surface area contributed by atoms with Crippen molar-refractivity contribution in [1.82, 2.24) is 4.90 Å². The lowest BCUT2D eigenvalue weighted by atomic mass is 9.96. The first-order valence-corrected chi connectivity index (χ1v) is 7.68. The monoisotopic (exact) mass is 359 g/mol. The normalized spacial score (nSPS) is 21.1. The lowest BCUT2D eigenvalue weighted by Gasteiger charge is -2.19. The second kappa shape index (κ2) is 7.77. The Labute approximate surface area is 143 Å². The van der Waals surface area contributed by atoms with Gasteiger partial charge in [-0.2, -0.15) is 13.2 Å². The van der Waals surface area contributed by atoms with Crippen LogP contribution in [0.2, 0.25) is 0 Å². The standard InChI is InChI=1S/C17H20F3NO4/c1-3-6-25-14-5-4-11(7-15(14)24-2)8-21-9-12(16(22)23)13(10-21)17(18,19)20/h3-5,7,12-13H,1,6,8-10H2,2H3,(H,22,23)/t12-,13-/m1/s1. The van der Waals surface area contributed by atoms with Gasteiger partial charge in [0.15, 0.2) is 11.5 Å². The molecule has 1 fully saturated rings. The fourth-order valence-electron chi connectivity index (χ4n) is 2.93. The first-order chi connectivity index (χ1) is 11.8. The second-order valence-electron chi connectivity index (χ2n) is 5.87. The van der Waals surface area contributed by atoms with Gasteiger partial charge in [0.2, 0.25) is 0 Å². The molecule has 0 aliphatic carbocycles. The van der Waals surface area contributed by atoms with Crippen LogP contribution in [0.25, 0.3) is 0 Å². The van der Waals surface area contributed by atoms with Crippen molar-refractivity contribution in [2.45, 2.75) is 12.7 Å². The van der Waals surface area contributed by atoms with Crippen LogP contribution >= 0.6 is 0 Å². The Bertz CT molecular complexity index is 633. The van der Waals surface area contributed by atoms with E-state index in [-0.39, 0.29) is 19.6 Å². The summed E-state index contributed by atoms with van der Waals surface area (Å²) in [6.07, 6.45) is -2.95. The van der Waals surface area contributed by atoms with Crippen LogP contribution in [0.5, 0.6) is 11.5 Å². The predicted molar refractivity (Wildman–Crippen MR) is 84.6 cm³/mol. The molecular weight excluding hydrogens is 339 g/mol. The number of benzene rings is 1. The summed E-state index contributed by atoms with van der Waals surface area (Å²) < 4.78 is 49.8. The fourth-order valence-corrected chi connectivity index (χ4v) is 2.93. The summed E-state index contributed by atoms with van der Waals surface area (Å²) in [5.74, 6) is -3.76. The molecule has 5 nitrogen and oxygen atoms in total. The molecule has 1 heterocycles. The molecule has 25 heavy (non-hydrogen) atoms. The number of methoxy groups -OCH3 is 1. The van der Waals surface area contributed by atoms with E-state index in [1.807, 2.05) is 0 Å². The number of nitrogens with zero attached hydrogens (tertiary/aromatic N) is 1. The van der Waals surface area contributed by atoms with Gasteiger partial charge in [-0.15, -0.1) is 0 Å². The number of halogens is 3. The third kappa shape index (κ3) is 4.66. The molecule has 0 saturated carbocycles. The quantitative estimate of drug-likeness (QED) is 0.759. The van der Waals surface area contributed by atoms with Crippen molar-refractivity contribution in [3.63, 3.8) is 0 Å². The first-order valence-electron chi connectivity index (χ1n) is 7.68. The van der Waals surface area contributed by atoms with Crippen molar-refractivity contribution in [3.05, 3.63) is 36.4 Å². The van der Waals surface area contributed by atoms with Crippen molar-refractivity contribution in [2.75, 3.05) is 26.8 Å². The number of ether oxygens (including phenoxy) is 2. The average Bonchev–Trinajstić information content (AvgIpc) is 2.98. The van der Waals surface area contributed by atoms with Crippen molar-refractivity contribution >= 4 is 5.97 Å². The topological polar surface area (TPSA) is 59.0 Å². The number of aliphatic carboxylic acids is 1. The molecule has 1 N–H and O–H groups in total. The highest BCUT2D eigenvalue weighted by atomic mass is 19.4. The second-order valence-corrected chi connectivity index (χ2v) is 5.87. The minimum absolute atomic E-state index is 0.142. The largest absolute Gasteiger partial charge is 0.493 e. The Hall–Kier alpha value is -2.22. The molecule has 0 spiro atoms. The Morgan fingerprint density at radius 1 is 1.40 bits per heavy atom. The third-order valence-corrected chi connectivity index (χ3v) is 4.12. The summed E-state index contributed by atoms with van der Waals surface area (Å²) in [5, 5.41) is 9.06. The highest BCUT2D eigenvalue weighted by Crippen LogP contribution is 2.38. The summed E-state index contributed by atoms with van der Waals surface area (Å²) >= 11 is 0. The molecule has 0 amide bonds. The number of carboxylic acids is 1. The Morgan fingerprint density at radius 2 is 2.12 bits per heavy atom. The van der Waals surface area contributed by atoms with E-state index in [0.29, 0.717) is 18.1 Å². The zero-order valence-electron chi connectivity index (χ0n) is 13.8. The molecule has 2 rings (SSSR count). The number of hydrogen-bond acceptors (Lipinski definition) is 4. The molecule has 1 aromatic carbocycles. The lowest BCUT2D eigenvalue weighted by Crippen LogP contribution is -2.33. The SMILES string of the molecule is C=CCOc1ccc(CN2C[C@@H](C(F)(F)F)[C@H](C(=O)O)C2)cc1OC. The van der Waals surface area contributed by atoms with Crippen molar-refractivity contribution in [2.24, 2.45) is 11.8 Å². The van der Waals surface area contributed by atoms with E-state index in [9.17, 15) is 18.0 Å². The van der Waals surface area contributed by atoms with Crippen molar-refractivity contribution < 1.29 is 32.5 Å². The molecule has 0 radical (unpaired) electrons. The van der Waals surface area contributed by atoms with Gasteiger partial charge >= 0.3 is 12.1 Å². The third-order valence-electron chi connectivity index (χ3n) is 4.12. The highest BCUT2D eigenvalue weighted by Gasteiger charge is 2.52. The van der Waals surface area contributed by atoms with Gasteiger partial charge < -0.3 is 14.6 Å². The van der Waals surface area contributed by atoms with Gasteiger partial charge in [-0.05, 0) is 17.7 Å². The van der Waals surface area contributed by atoms with Gasteiger partial charge in [0.1, 0.15) is 6.61 Å². The molecule has 0 bridgehead atoms. The van der Waals surface area contributed by atoms with Crippen LogP contribution in [0.1, 0.15) is 5.56 Å². The number of carbonyl (C=O) groups is 1. The molecule has 2 atom stereocenters. The summed E-state index contributed by atoms with van der Waals surface area (Å²) in [5.41, 5.74) is 0.717. The van der Waals surface area contributed by atoms with Crippen molar-refractivity contribution in [1.29, 1.82) is 0 Å². The average molecular weight is 359 g/mol. The van der Waals surface area contributed by atoms with Gasteiger partial charge in [-0.3, -0.25) is 9.69 Å². The van der Waals surface area contributed by atoms with E-state index in [1.165, 1.54) is 12.0 Å². The van der Waals surface area contributed by atoms with Gasteiger partial charge in [0, 0.05) is 19.6 Å². The Kier molecular flexibility index (Phi) is 5.94. The number of rotatable bonds is 7. The number of carboxylic acid groups (broad SMARTS) is 1. The van der Waals surface area contributed by atoms with E-state index < -0.39 is 24.0 Å². The maximum Gasteiger partial charge on any atom is 0.393 e. The zero-order chi connectivity index (χ0) is 18.6. The predicted octanol–water partition coefficient (Wildman–Crippen LogP) is 2.95. The maximum absolute atomic E-state index is 13.0. The van der Waals surface area contributed by atoms with E-state index in [0.717, 1.165) is 5.56 Å². The summed E-state index contributed by atoms with van der Waals surface area (Å²) in [7, 11) is 1.47. The van der Waals surface area contributed by atoms with Crippen LogP contribution in [0.4, 0.5) is 13.2 Å². The van der Waals surface area contributed by atoms with Gasteiger partial charge in [-0.25, -0.2) is 0 Å². The summed E-state index contributed by atoms with van der Waals surface area (Å²) in [6.45, 7) is 3.58. The molecule has 0 aromatic heterocycles. The van der Waals surface area contributed by atoms with Crippen LogP contribution in [0.15, 0.2) is 30.9 Å². The minimum Gasteiger partial charge on any atom is -0.493 e. The lowest BCUT2D eigenvalue weighted by molar-refractivity contribution is -0.188. The first kappa shape index (κ1) is 19.1. The molecule has 1 aliphatic rings. The van der Waals surface area contributed by atoms with Crippen LogP contribution in [-0.2, 0) is 11.3 Å². The van der Waals surface area contributed by atoms with Crippen LogP contribution in [0, 0.1) is 11.8 Å². The Balaban J connectivity index is 2.11. The number of likely N-dealkylation sites (tertiary alicyclic amines) is 1. The highest BCUT2D eigenvalue weighted by molar-refractivity contribution is 5.71. The molecular formula is C17H20F3NO4. The van der Waals surface area contributed by atoms with Crippen LogP contribution in [0.3, 0.4) is 0 Å². The molecule has 1 saturated heterocycles. The van der Waals surface area contributed by atoms with E-state index in [2.05, 4.69) is 6.58 Å². The zero-order valence-corrected chi connectivity index (χ0v) is 13.8. The van der Waals surface area contributed by atoms with Crippen LogP contribution < -0.4 is 9.47 Å². The number of hydrogen-bond donors (Lipinski definition) is 1. The smallest absolute Gasteiger partial charge is 0.393 e. The summed E-state index contributed by atoms with van der Waals surface area (Å²) in [4.78, 5) is 12.6. The van der Waals surface area contributed by atoms with Gasteiger partial charge in [0.05, 0.1) is 18.9 Å². The minimum atomic E-state index is -4.53. The van der Waals surface area contributed by atoms with E-state index in [1.54, 1.807) is 24.3 Å². The fraction of sp³-hybridized carbons (Fsp3) is 0.471. The molecule has 8 heteroatoms. The van der Waals surface area contributed by atoms with Crippen molar-refractivity contribution in [3.8, 4) is 11.5 Å². The molecule has 138 valence electrons. The Morgan fingerprint density at radius 3 is 2.64 bits per heavy atom. The maximum atomic E-state index is 13.0. The van der Waals surface area contributed by atoms with E-state index in [4.69, 9.17) is 14.6 Å². The van der Waals surface area contributed by atoms with Gasteiger partial charge in [0.25, 0.3) is 0 Å². The summed E-state index contributed by atoms with van der Waals surface area (Å²) in [6, 6.07) is 5.07. The molecule has 0 unspecified atom stereocenters. The number of alkyl halides is 3. The van der Waals surface area contributed by atoms with Gasteiger partial charge in [-0.1, -0.05) is 18.7 Å². The molecule has 1 aromatic rings. The van der Waals surface area contributed by atoms with Crippen LogP contribution in [-0.4, -0.2) is 49.0 Å². The molecule has 1 aliphatic heterocycles.